The predicted molar refractivity (Wildman–Crippen MR) is 45.8 cm³/mol. The largest absolute Gasteiger partial charge is 0.508 e. The lowest BCUT2D eigenvalue weighted by Gasteiger charge is -2.15. The molecule has 0 fully saturated rings. The number of carboxylic acids is 1. The summed E-state index contributed by atoms with van der Waals surface area (Å²) in [5, 5.41) is 27.1. The Kier molecular flexibility index (Phi) is 2.48. The van der Waals surface area contributed by atoms with Crippen LogP contribution in [-0.2, 0) is 4.79 Å². The summed E-state index contributed by atoms with van der Waals surface area (Å²) in [7, 11) is 1.45. The molecule has 1 rings (SSSR count). The van der Waals surface area contributed by atoms with E-state index >= 15 is 0 Å². The first kappa shape index (κ1) is 9.47. The van der Waals surface area contributed by atoms with Gasteiger partial charge in [-0.25, -0.2) is 4.79 Å². The second kappa shape index (κ2) is 3.40. The van der Waals surface area contributed by atoms with Crippen LogP contribution >= 0.6 is 0 Å². The number of nitrogens with zero attached hydrogens (tertiary/aromatic N) is 1. The normalized spacial score (nSPS) is 25.4. The zero-order chi connectivity index (χ0) is 10.0. The van der Waals surface area contributed by atoms with Gasteiger partial charge in [-0.1, -0.05) is 0 Å². The van der Waals surface area contributed by atoms with Crippen LogP contribution in [0.5, 0.6) is 0 Å². The minimum absolute atomic E-state index is 0.238. The summed E-state index contributed by atoms with van der Waals surface area (Å²) in [6.07, 6.45) is 1.22. The lowest BCUT2D eigenvalue weighted by Crippen LogP contribution is -2.26. The lowest BCUT2D eigenvalue weighted by atomic mass is 10.0. The molecule has 13 heavy (non-hydrogen) atoms. The van der Waals surface area contributed by atoms with E-state index in [-0.39, 0.29) is 11.3 Å². The van der Waals surface area contributed by atoms with Crippen LogP contribution < -0.4 is 0 Å². The maximum Gasteiger partial charge on any atom is 0.339 e. The highest BCUT2D eigenvalue weighted by Gasteiger charge is 2.25. The van der Waals surface area contributed by atoms with E-state index in [1.165, 1.54) is 19.2 Å². The van der Waals surface area contributed by atoms with Crippen molar-refractivity contribution in [2.75, 3.05) is 7.05 Å². The molecule has 1 unspecified atom stereocenters. The van der Waals surface area contributed by atoms with Gasteiger partial charge in [-0.15, -0.1) is 0 Å². The number of aliphatic carboxylic acids is 1. The molecule has 1 atom stereocenters. The first-order valence-corrected chi connectivity index (χ1v) is 3.57. The topological polar surface area (TPSA) is 90.1 Å². The van der Waals surface area contributed by atoms with Gasteiger partial charge in [0.15, 0.2) is 6.10 Å². The highest BCUT2D eigenvalue weighted by atomic mass is 16.4. The van der Waals surface area contributed by atoms with Crippen LogP contribution in [0.15, 0.2) is 28.5 Å². The highest BCUT2D eigenvalue weighted by Crippen LogP contribution is 2.15. The van der Waals surface area contributed by atoms with Crippen LogP contribution in [0.25, 0.3) is 0 Å². The van der Waals surface area contributed by atoms with E-state index < -0.39 is 17.8 Å². The third-order valence-corrected chi connectivity index (χ3v) is 1.72. The molecule has 0 aromatic heterocycles. The first-order valence-electron chi connectivity index (χ1n) is 3.57. The molecule has 0 radical (unpaired) electrons. The van der Waals surface area contributed by atoms with Crippen molar-refractivity contribution in [1.82, 2.24) is 0 Å². The Labute approximate surface area is 74.3 Å². The monoisotopic (exact) mass is 183 g/mol. The molecule has 0 amide bonds. The number of hydrogen-bond donors (Lipinski definition) is 3. The molecule has 0 saturated carbocycles. The molecule has 0 spiro atoms. The Morgan fingerprint density at radius 2 is 2.15 bits per heavy atom. The highest BCUT2D eigenvalue weighted by molar-refractivity contribution is 6.05. The maximum atomic E-state index is 10.5. The zero-order valence-electron chi connectivity index (χ0n) is 6.93. The van der Waals surface area contributed by atoms with Gasteiger partial charge in [0, 0.05) is 7.05 Å². The van der Waals surface area contributed by atoms with Crippen molar-refractivity contribution in [2.45, 2.75) is 6.10 Å². The summed E-state index contributed by atoms with van der Waals surface area (Å²) in [5.41, 5.74) is -0.0672. The van der Waals surface area contributed by atoms with Crippen molar-refractivity contribution in [3.63, 3.8) is 0 Å². The molecule has 70 valence electrons. The first-order chi connectivity index (χ1) is 6.07. The van der Waals surface area contributed by atoms with Gasteiger partial charge >= 0.3 is 5.97 Å². The third kappa shape index (κ3) is 1.59. The molecule has 0 saturated heterocycles. The van der Waals surface area contributed by atoms with Crippen molar-refractivity contribution in [3.8, 4) is 0 Å². The van der Waals surface area contributed by atoms with Crippen molar-refractivity contribution in [2.24, 2.45) is 4.99 Å². The fourth-order valence-corrected chi connectivity index (χ4v) is 1.01. The smallest absolute Gasteiger partial charge is 0.339 e. The molecule has 0 aromatic carbocycles. The fourth-order valence-electron chi connectivity index (χ4n) is 1.01. The predicted octanol–water partition coefficient (Wildman–Crippen LogP) is -0.115. The Bertz CT molecular complexity index is 327. The number of hydrogen-bond acceptors (Lipinski definition) is 4. The molecule has 0 bridgehead atoms. The summed E-state index contributed by atoms with van der Waals surface area (Å²) in [5.74, 6) is -1.85. The van der Waals surface area contributed by atoms with E-state index in [9.17, 15) is 15.0 Å². The zero-order valence-corrected chi connectivity index (χ0v) is 6.93. The number of aliphatic hydroxyl groups excluding tert-OH is 2. The molecule has 0 aliphatic heterocycles. The SMILES string of the molecule is CN=C1C=CC(C(=O)O)=C(O)C1O. The van der Waals surface area contributed by atoms with Gasteiger partial charge < -0.3 is 15.3 Å². The average molecular weight is 183 g/mol. The number of aliphatic imine (C=N–C) groups is 1. The van der Waals surface area contributed by atoms with Crippen molar-refractivity contribution >= 4 is 11.7 Å². The number of carboxylic acid groups (broad SMARTS) is 1. The summed E-state index contributed by atoms with van der Waals surface area (Å²) in [4.78, 5) is 14.2. The molecule has 1 aliphatic carbocycles. The van der Waals surface area contributed by atoms with E-state index in [0.717, 1.165) is 0 Å². The Morgan fingerprint density at radius 3 is 2.62 bits per heavy atom. The Balaban J connectivity index is 3.11. The fraction of sp³-hybridized carbons (Fsp3) is 0.250. The van der Waals surface area contributed by atoms with Gasteiger partial charge in [-0.05, 0) is 12.2 Å². The summed E-state index contributed by atoms with van der Waals surface area (Å²) in [6, 6.07) is 0. The van der Waals surface area contributed by atoms with Crippen LogP contribution in [-0.4, -0.2) is 40.2 Å². The molecule has 0 aromatic rings. The van der Waals surface area contributed by atoms with Crippen LogP contribution in [0.2, 0.25) is 0 Å². The standard InChI is InChI=1S/C8H9NO4/c1-9-5-3-2-4(8(12)13)6(10)7(5)11/h2-3,7,10-11H,1H3,(H,12,13). The lowest BCUT2D eigenvalue weighted by molar-refractivity contribution is -0.132. The number of rotatable bonds is 1. The molecule has 3 N–H and O–H groups in total. The molecule has 5 nitrogen and oxygen atoms in total. The van der Waals surface area contributed by atoms with E-state index in [0.29, 0.717) is 0 Å². The van der Waals surface area contributed by atoms with E-state index in [4.69, 9.17) is 5.11 Å². The van der Waals surface area contributed by atoms with Crippen LogP contribution in [0, 0.1) is 0 Å². The summed E-state index contributed by atoms with van der Waals surface area (Å²) < 4.78 is 0. The van der Waals surface area contributed by atoms with Gasteiger partial charge in [-0.2, -0.15) is 0 Å². The van der Waals surface area contributed by atoms with Crippen LogP contribution in [0.4, 0.5) is 0 Å². The van der Waals surface area contributed by atoms with E-state index in [2.05, 4.69) is 4.99 Å². The number of aliphatic hydroxyl groups is 2. The molecule has 1 aliphatic rings. The molecular formula is C8H9NO4. The van der Waals surface area contributed by atoms with Gasteiger partial charge in [0.2, 0.25) is 0 Å². The minimum atomic E-state index is -1.33. The van der Waals surface area contributed by atoms with Gasteiger partial charge in [0.05, 0.1) is 5.71 Å². The second-order valence-corrected chi connectivity index (χ2v) is 2.49. The average Bonchev–Trinajstić information content (AvgIpc) is 2.09. The van der Waals surface area contributed by atoms with Crippen molar-refractivity contribution in [1.29, 1.82) is 0 Å². The molecular weight excluding hydrogens is 174 g/mol. The minimum Gasteiger partial charge on any atom is -0.508 e. The van der Waals surface area contributed by atoms with E-state index in [1.807, 2.05) is 0 Å². The molecule has 5 heteroatoms. The maximum absolute atomic E-state index is 10.5. The Morgan fingerprint density at radius 1 is 1.54 bits per heavy atom. The Hall–Kier alpha value is -1.62. The third-order valence-electron chi connectivity index (χ3n) is 1.72. The van der Waals surface area contributed by atoms with Gasteiger partial charge in [0.1, 0.15) is 11.3 Å². The number of carbonyl (C=O) groups is 1. The molecule has 0 heterocycles. The van der Waals surface area contributed by atoms with Gasteiger partial charge in [0.25, 0.3) is 0 Å². The van der Waals surface area contributed by atoms with Crippen LogP contribution in [0.1, 0.15) is 0 Å². The summed E-state index contributed by atoms with van der Waals surface area (Å²) in [6.45, 7) is 0. The van der Waals surface area contributed by atoms with E-state index in [1.54, 1.807) is 0 Å². The van der Waals surface area contributed by atoms with Crippen molar-refractivity contribution in [3.05, 3.63) is 23.5 Å². The summed E-state index contributed by atoms with van der Waals surface area (Å²) >= 11 is 0. The van der Waals surface area contributed by atoms with Gasteiger partial charge in [-0.3, -0.25) is 4.99 Å². The van der Waals surface area contributed by atoms with Crippen LogP contribution in [0.3, 0.4) is 0 Å². The quantitative estimate of drug-likeness (QED) is 0.528. The van der Waals surface area contributed by atoms with Crippen molar-refractivity contribution < 1.29 is 20.1 Å². The second-order valence-electron chi connectivity index (χ2n) is 2.49.